The molecule has 0 fully saturated rings. The number of pyridine rings is 1. The molecule has 2 amide bonds. The highest BCUT2D eigenvalue weighted by Gasteiger charge is 2.36. The molecule has 8 heteroatoms. The minimum atomic E-state index is -0.796. The van der Waals surface area contributed by atoms with Gasteiger partial charge in [0.05, 0.1) is 18.6 Å². The monoisotopic (exact) mass is 367 g/mol. The predicted molar refractivity (Wildman–Crippen MR) is 101 cm³/mol. The van der Waals surface area contributed by atoms with E-state index in [4.69, 9.17) is 10.8 Å². The summed E-state index contributed by atoms with van der Waals surface area (Å²) in [5.41, 5.74) is 7.26. The van der Waals surface area contributed by atoms with E-state index in [0.29, 0.717) is 11.3 Å². The number of amides is 2. The number of hydrogen-bond donors (Lipinski definition) is 3. The molecule has 1 unspecified atom stereocenters. The van der Waals surface area contributed by atoms with Crippen molar-refractivity contribution in [2.75, 3.05) is 12.4 Å². The fourth-order valence-electron chi connectivity index (χ4n) is 2.85. The molecule has 1 atom stereocenters. The Morgan fingerprint density at radius 2 is 2.15 bits per heavy atom. The van der Waals surface area contributed by atoms with Crippen LogP contribution in [0, 0.1) is 0 Å². The molecular formula is C19H21N5O3. The molecule has 0 aliphatic carbocycles. The molecule has 0 saturated heterocycles. The number of anilines is 1. The van der Waals surface area contributed by atoms with Gasteiger partial charge >= 0.3 is 0 Å². The molecule has 1 aromatic heterocycles. The summed E-state index contributed by atoms with van der Waals surface area (Å²) in [6.07, 6.45) is 1.64. The van der Waals surface area contributed by atoms with Crippen LogP contribution in [0.15, 0.2) is 47.6 Å². The topological polar surface area (TPSA) is 121 Å². The summed E-state index contributed by atoms with van der Waals surface area (Å²) in [5.74, 6) is -0.326. The van der Waals surface area contributed by atoms with E-state index in [2.05, 4.69) is 15.3 Å². The van der Waals surface area contributed by atoms with Crippen molar-refractivity contribution in [2.45, 2.75) is 25.5 Å². The van der Waals surface area contributed by atoms with Crippen LogP contribution in [0.25, 0.3) is 0 Å². The first-order chi connectivity index (χ1) is 12.8. The van der Waals surface area contributed by atoms with Gasteiger partial charge in [-0.1, -0.05) is 18.2 Å². The van der Waals surface area contributed by atoms with Gasteiger partial charge in [0.15, 0.2) is 5.96 Å². The molecule has 2 heterocycles. The van der Waals surface area contributed by atoms with Gasteiger partial charge in [-0.15, -0.1) is 0 Å². The minimum absolute atomic E-state index is 0.118. The number of carbonyl (C=O) groups excluding carboxylic acids is 2. The number of nitrogens with two attached hydrogens (primary N) is 1. The summed E-state index contributed by atoms with van der Waals surface area (Å²) >= 11 is 0. The Balaban J connectivity index is 1.83. The molecule has 2 aromatic rings. The van der Waals surface area contributed by atoms with Crippen LogP contribution in [0.5, 0.6) is 0 Å². The third-order valence-electron chi connectivity index (χ3n) is 4.56. The average Bonchev–Trinajstić information content (AvgIpc) is 2.66. The van der Waals surface area contributed by atoms with E-state index in [0.717, 1.165) is 5.56 Å². The van der Waals surface area contributed by atoms with E-state index in [-0.39, 0.29) is 36.5 Å². The van der Waals surface area contributed by atoms with Crippen LogP contribution in [0.3, 0.4) is 0 Å². The van der Waals surface area contributed by atoms with Crippen molar-refractivity contribution >= 4 is 23.5 Å². The van der Waals surface area contributed by atoms with Crippen molar-refractivity contribution < 1.29 is 14.7 Å². The summed E-state index contributed by atoms with van der Waals surface area (Å²) in [7, 11) is 1.59. The van der Waals surface area contributed by atoms with Gasteiger partial charge < -0.3 is 16.2 Å². The second kappa shape index (κ2) is 7.16. The van der Waals surface area contributed by atoms with Crippen LogP contribution < -0.4 is 11.1 Å². The zero-order chi connectivity index (χ0) is 19.6. The summed E-state index contributed by atoms with van der Waals surface area (Å²) in [6, 6.07) is 10.3. The van der Waals surface area contributed by atoms with E-state index in [1.807, 2.05) is 13.0 Å². The number of guanidine groups is 1. The number of rotatable bonds is 4. The van der Waals surface area contributed by atoms with Gasteiger partial charge in [-0.2, -0.15) is 0 Å². The number of aliphatic hydroxyl groups excluding tert-OH is 1. The second-order valence-electron chi connectivity index (χ2n) is 6.62. The zero-order valence-electron chi connectivity index (χ0n) is 15.1. The first-order valence-corrected chi connectivity index (χ1v) is 8.42. The maximum atomic E-state index is 12.4. The molecule has 0 spiro atoms. The number of benzene rings is 1. The molecule has 27 heavy (non-hydrogen) atoms. The smallest absolute Gasteiger partial charge is 0.274 e. The Bertz CT molecular complexity index is 910. The van der Waals surface area contributed by atoms with Gasteiger partial charge in [0.2, 0.25) is 5.91 Å². The summed E-state index contributed by atoms with van der Waals surface area (Å²) in [4.78, 5) is 34.4. The standard InChI is InChI=1S/C19H21N5O3/c1-19(9-16(26)24(2)18(20)23-19)13-4-3-5-14(8-13)22-17(27)15-7-6-12(11-25)10-21-15/h3-8,10,25H,9,11H2,1-2H3,(H2,20,23)(H,22,27). The lowest BCUT2D eigenvalue weighted by molar-refractivity contribution is -0.128. The first kappa shape index (κ1) is 18.5. The van der Waals surface area contributed by atoms with Crippen LogP contribution >= 0.6 is 0 Å². The quantitative estimate of drug-likeness (QED) is 0.750. The summed E-state index contributed by atoms with van der Waals surface area (Å²) in [5, 5.41) is 11.8. The van der Waals surface area contributed by atoms with Gasteiger partial charge in [-0.25, -0.2) is 4.99 Å². The molecule has 3 rings (SSSR count). The van der Waals surface area contributed by atoms with Gasteiger partial charge in [-0.05, 0) is 36.2 Å². The zero-order valence-corrected chi connectivity index (χ0v) is 15.1. The average molecular weight is 367 g/mol. The fourth-order valence-corrected chi connectivity index (χ4v) is 2.85. The maximum absolute atomic E-state index is 12.4. The van der Waals surface area contributed by atoms with E-state index in [1.165, 1.54) is 11.1 Å². The Labute approximate surface area is 156 Å². The largest absolute Gasteiger partial charge is 0.392 e. The molecular weight excluding hydrogens is 346 g/mol. The number of carbonyl (C=O) groups is 2. The molecule has 1 aliphatic rings. The predicted octanol–water partition coefficient (Wildman–Crippen LogP) is 1.22. The Hall–Kier alpha value is -3.26. The van der Waals surface area contributed by atoms with Crippen LogP contribution in [0.4, 0.5) is 5.69 Å². The van der Waals surface area contributed by atoms with Crippen LogP contribution in [0.2, 0.25) is 0 Å². The summed E-state index contributed by atoms with van der Waals surface area (Å²) in [6.45, 7) is 1.70. The lowest BCUT2D eigenvalue weighted by atomic mass is 9.87. The molecule has 0 bridgehead atoms. The van der Waals surface area contributed by atoms with E-state index in [9.17, 15) is 9.59 Å². The van der Waals surface area contributed by atoms with Crippen molar-refractivity contribution in [3.05, 3.63) is 59.4 Å². The molecule has 4 N–H and O–H groups in total. The number of nitrogens with one attached hydrogen (secondary N) is 1. The molecule has 0 radical (unpaired) electrons. The third kappa shape index (κ3) is 3.80. The van der Waals surface area contributed by atoms with Gasteiger partial charge in [0.1, 0.15) is 5.69 Å². The van der Waals surface area contributed by atoms with Crippen LogP contribution in [-0.2, 0) is 16.9 Å². The highest BCUT2D eigenvalue weighted by atomic mass is 16.3. The van der Waals surface area contributed by atoms with Crippen LogP contribution in [0.1, 0.15) is 35.0 Å². The Morgan fingerprint density at radius 1 is 1.37 bits per heavy atom. The Morgan fingerprint density at radius 3 is 2.78 bits per heavy atom. The van der Waals surface area contributed by atoms with E-state index in [1.54, 1.807) is 37.4 Å². The first-order valence-electron chi connectivity index (χ1n) is 8.42. The number of aliphatic hydroxyl groups is 1. The van der Waals surface area contributed by atoms with Gasteiger partial charge in [0, 0.05) is 18.9 Å². The van der Waals surface area contributed by atoms with E-state index < -0.39 is 5.54 Å². The number of nitrogens with zero attached hydrogens (tertiary/aromatic N) is 3. The van der Waals surface area contributed by atoms with Crippen molar-refractivity contribution in [3.8, 4) is 0 Å². The van der Waals surface area contributed by atoms with Crippen molar-refractivity contribution in [1.29, 1.82) is 0 Å². The lowest BCUT2D eigenvalue weighted by Gasteiger charge is -2.33. The highest BCUT2D eigenvalue weighted by Crippen LogP contribution is 2.34. The Kier molecular flexibility index (Phi) is 4.91. The second-order valence-corrected chi connectivity index (χ2v) is 6.62. The third-order valence-corrected chi connectivity index (χ3v) is 4.56. The van der Waals surface area contributed by atoms with Crippen molar-refractivity contribution in [3.63, 3.8) is 0 Å². The highest BCUT2D eigenvalue weighted by molar-refractivity contribution is 6.03. The minimum Gasteiger partial charge on any atom is -0.392 e. The molecule has 1 aromatic carbocycles. The fraction of sp³-hybridized carbons (Fsp3) is 0.263. The van der Waals surface area contributed by atoms with Crippen molar-refractivity contribution in [1.82, 2.24) is 9.88 Å². The molecule has 140 valence electrons. The maximum Gasteiger partial charge on any atom is 0.274 e. The molecule has 0 saturated carbocycles. The van der Waals surface area contributed by atoms with Crippen molar-refractivity contribution in [2.24, 2.45) is 10.7 Å². The number of hydrogen-bond acceptors (Lipinski definition) is 6. The summed E-state index contributed by atoms with van der Waals surface area (Å²) < 4.78 is 0. The number of aliphatic imine (C=N–C) groups is 1. The van der Waals surface area contributed by atoms with Gasteiger partial charge in [-0.3, -0.25) is 19.5 Å². The lowest BCUT2D eigenvalue weighted by Crippen LogP contribution is -2.47. The van der Waals surface area contributed by atoms with Crippen LogP contribution in [-0.4, -0.2) is 39.8 Å². The SMILES string of the molecule is CN1C(=O)CC(C)(c2cccc(NC(=O)c3ccc(CO)cn3)c2)N=C1N. The molecule has 1 aliphatic heterocycles. The van der Waals surface area contributed by atoms with Gasteiger partial charge in [0.25, 0.3) is 5.91 Å². The normalized spacial score (nSPS) is 19.6. The number of aromatic nitrogens is 1. The molecule has 8 nitrogen and oxygen atoms in total. The van der Waals surface area contributed by atoms with E-state index >= 15 is 0 Å².